The van der Waals surface area contributed by atoms with Crippen molar-refractivity contribution in [2.75, 3.05) is 7.11 Å². The fourth-order valence-electron chi connectivity index (χ4n) is 1.31. The fourth-order valence-corrected chi connectivity index (χ4v) is 1.31. The van der Waals surface area contributed by atoms with E-state index in [0.29, 0.717) is 16.8 Å². The van der Waals surface area contributed by atoms with Crippen LogP contribution in [0, 0.1) is 11.3 Å². The van der Waals surface area contributed by atoms with Crippen LogP contribution in [0.25, 0.3) is 5.52 Å². The van der Waals surface area contributed by atoms with Crippen LogP contribution in [0.2, 0.25) is 0 Å². The average Bonchev–Trinajstić information content (AvgIpc) is 2.59. The maximum Gasteiger partial charge on any atom is 0.149 e. The zero-order valence-corrected chi connectivity index (χ0v) is 7.43. The lowest BCUT2D eigenvalue weighted by Crippen LogP contribution is -1.91. The summed E-state index contributed by atoms with van der Waals surface area (Å²) < 4.78 is 6.45. The first-order valence-corrected chi connectivity index (χ1v) is 3.90. The highest BCUT2D eigenvalue weighted by Gasteiger charge is 2.10. The summed E-state index contributed by atoms with van der Waals surface area (Å²) in [7, 11) is 1.48. The van der Waals surface area contributed by atoms with Crippen LogP contribution in [0.4, 0.5) is 0 Å². The third-order valence-corrected chi connectivity index (χ3v) is 1.90. The smallest absolute Gasteiger partial charge is 0.149 e. The van der Waals surface area contributed by atoms with Gasteiger partial charge in [-0.1, -0.05) is 0 Å². The molecule has 0 bridgehead atoms. The Hall–Kier alpha value is -2.22. The summed E-state index contributed by atoms with van der Waals surface area (Å²) in [6.07, 6.45) is 2.84. The summed E-state index contributed by atoms with van der Waals surface area (Å²) in [5, 5.41) is 22.0. The van der Waals surface area contributed by atoms with E-state index in [2.05, 4.69) is 5.10 Å². The summed E-state index contributed by atoms with van der Waals surface area (Å²) in [6, 6.07) is 3.44. The molecule has 2 heterocycles. The molecular weight excluding hydrogens is 182 g/mol. The first-order chi connectivity index (χ1) is 6.76. The van der Waals surface area contributed by atoms with Crippen LogP contribution < -0.4 is 4.74 Å². The lowest BCUT2D eigenvalue weighted by atomic mass is 10.2. The molecule has 0 spiro atoms. The molecule has 2 rings (SSSR count). The number of hydrogen-bond acceptors (Lipinski definition) is 4. The van der Waals surface area contributed by atoms with Crippen LogP contribution in [0.3, 0.4) is 0 Å². The first-order valence-electron chi connectivity index (χ1n) is 3.90. The standard InChI is InChI=1S/C9H7N3O2/c1-14-8-2-7(13)5-12-9(8)6(3-10)4-11-12/h2,4-5,13H,1H3. The average molecular weight is 189 g/mol. The zero-order chi connectivity index (χ0) is 10.1. The molecule has 0 aliphatic heterocycles. The maximum absolute atomic E-state index is 9.30. The van der Waals surface area contributed by atoms with Gasteiger partial charge in [0.25, 0.3) is 0 Å². The molecule has 0 atom stereocenters. The third-order valence-electron chi connectivity index (χ3n) is 1.90. The van der Waals surface area contributed by atoms with Gasteiger partial charge in [0.2, 0.25) is 0 Å². The summed E-state index contributed by atoms with van der Waals surface area (Å²) >= 11 is 0. The predicted octanol–water partition coefficient (Wildman–Crippen LogP) is 0.920. The number of hydrogen-bond donors (Lipinski definition) is 1. The molecule has 0 saturated carbocycles. The van der Waals surface area contributed by atoms with Crippen molar-refractivity contribution in [3.05, 3.63) is 24.0 Å². The van der Waals surface area contributed by atoms with Crippen LogP contribution in [0.1, 0.15) is 5.56 Å². The molecule has 1 N–H and O–H groups in total. The van der Waals surface area contributed by atoms with Crippen molar-refractivity contribution in [1.29, 1.82) is 5.26 Å². The molecule has 0 saturated heterocycles. The molecule has 0 aliphatic carbocycles. The number of fused-ring (bicyclic) bond motifs is 1. The van der Waals surface area contributed by atoms with Gasteiger partial charge in [0, 0.05) is 6.07 Å². The number of aromatic nitrogens is 2. The Balaban J connectivity index is 2.87. The number of aromatic hydroxyl groups is 1. The van der Waals surface area contributed by atoms with Gasteiger partial charge in [-0.15, -0.1) is 0 Å². The molecule has 0 aliphatic rings. The van der Waals surface area contributed by atoms with E-state index in [1.165, 1.54) is 30.1 Å². The normalized spacial score (nSPS) is 10.0. The van der Waals surface area contributed by atoms with E-state index in [1.807, 2.05) is 6.07 Å². The molecule has 5 heteroatoms. The van der Waals surface area contributed by atoms with E-state index in [4.69, 9.17) is 10.00 Å². The van der Waals surface area contributed by atoms with Gasteiger partial charge in [-0.05, 0) is 0 Å². The van der Waals surface area contributed by atoms with Gasteiger partial charge in [0.05, 0.1) is 19.5 Å². The predicted molar refractivity (Wildman–Crippen MR) is 48.1 cm³/mol. The second-order valence-corrected chi connectivity index (χ2v) is 2.73. The van der Waals surface area contributed by atoms with Crippen molar-refractivity contribution in [1.82, 2.24) is 9.61 Å². The SMILES string of the molecule is COc1cc(O)cn2ncc(C#N)c12. The second kappa shape index (κ2) is 2.92. The summed E-state index contributed by atoms with van der Waals surface area (Å²) in [5.41, 5.74) is 0.981. The van der Waals surface area contributed by atoms with Crippen molar-refractivity contribution in [3.63, 3.8) is 0 Å². The highest BCUT2D eigenvalue weighted by Crippen LogP contribution is 2.26. The molecule has 5 nitrogen and oxygen atoms in total. The van der Waals surface area contributed by atoms with Crippen LogP contribution in [0.5, 0.6) is 11.5 Å². The molecule has 2 aromatic rings. The molecule has 14 heavy (non-hydrogen) atoms. The Bertz CT molecular complexity index is 525. The molecule has 70 valence electrons. The van der Waals surface area contributed by atoms with Crippen LogP contribution in [0.15, 0.2) is 18.5 Å². The Labute approximate surface area is 79.8 Å². The Morgan fingerprint density at radius 1 is 1.64 bits per heavy atom. The lowest BCUT2D eigenvalue weighted by Gasteiger charge is -2.03. The zero-order valence-electron chi connectivity index (χ0n) is 7.43. The largest absolute Gasteiger partial charge is 0.506 e. The van der Waals surface area contributed by atoms with Crippen LogP contribution in [-0.4, -0.2) is 21.8 Å². The number of nitrogens with zero attached hydrogens (tertiary/aromatic N) is 3. The first kappa shape index (κ1) is 8.38. The van der Waals surface area contributed by atoms with Gasteiger partial charge in [0.15, 0.2) is 0 Å². The van der Waals surface area contributed by atoms with Crippen molar-refractivity contribution in [2.45, 2.75) is 0 Å². The lowest BCUT2D eigenvalue weighted by molar-refractivity contribution is 0.408. The van der Waals surface area contributed by atoms with Crippen molar-refractivity contribution in [3.8, 4) is 17.6 Å². The van der Waals surface area contributed by atoms with E-state index in [1.54, 1.807) is 0 Å². The van der Waals surface area contributed by atoms with E-state index in [0.717, 1.165) is 0 Å². The molecule has 0 amide bonds. The Morgan fingerprint density at radius 3 is 3.07 bits per heavy atom. The number of pyridine rings is 1. The van der Waals surface area contributed by atoms with Crippen molar-refractivity contribution >= 4 is 5.52 Å². The molecule has 0 unspecified atom stereocenters. The van der Waals surface area contributed by atoms with E-state index >= 15 is 0 Å². The van der Waals surface area contributed by atoms with E-state index < -0.39 is 0 Å². The fraction of sp³-hybridized carbons (Fsp3) is 0.111. The van der Waals surface area contributed by atoms with Gasteiger partial charge < -0.3 is 9.84 Å². The molecule has 0 aromatic carbocycles. The molecule has 0 radical (unpaired) electrons. The highest BCUT2D eigenvalue weighted by atomic mass is 16.5. The molecule has 0 fully saturated rings. The Kier molecular flexibility index (Phi) is 1.75. The monoisotopic (exact) mass is 189 g/mol. The van der Waals surface area contributed by atoms with E-state index in [-0.39, 0.29) is 5.75 Å². The van der Waals surface area contributed by atoms with Crippen LogP contribution >= 0.6 is 0 Å². The van der Waals surface area contributed by atoms with Crippen molar-refractivity contribution < 1.29 is 9.84 Å². The molecular formula is C9H7N3O2. The second-order valence-electron chi connectivity index (χ2n) is 2.73. The van der Waals surface area contributed by atoms with Gasteiger partial charge in [-0.3, -0.25) is 0 Å². The van der Waals surface area contributed by atoms with E-state index in [9.17, 15) is 5.11 Å². The quantitative estimate of drug-likeness (QED) is 0.724. The van der Waals surface area contributed by atoms with Gasteiger partial charge in [0.1, 0.15) is 28.6 Å². The third kappa shape index (κ3) is 1.05. The van der Waals surface area contributed by atoms with Gasteiger partial charge >= 0.3 is 0 Å². The van der Waals surface area contributed by atoms with Gasteiger partial charge in [-0.25, -0.2) is 4.52 Å². The maximum atomic E-state index is 9.30. The minimum atomic E-state index is 0.0435. The van der Waals surface area contributed by atoms with Gasteiger partial charge in [-0.2, -0.15) is 10.4 Å². The van der Waals surface area contributed by atoms with Crippen molar-refractivity contribution in [2.24, 2.45) is 0 Å². The summed E-state index contributed by atoms with van der Waals surface area (Å²) in [4.78, 5) is 0. The van der Waals surface area contributed by atoms with Crippen LogP contribution in [-0.2, 0) is 0 Å². The minimum Gasteiger partial charge on any atom is -0.506 e. The number of nitriles is 1. The Morgan fingerprint density at radius 2 is 2.43 bits per heavy atom. The molecule has 2 aromatic heterocycles. The summed E-state index contributed by atoms with van der Waals surface area (Å²) in [5.74, 6) is 0.473. The summed E-state index contributed by atoms with van der Waals surface area (Å²) in [6.45, 7) is 0. The number of methoxy groups -OCH3 is 1. The highest BCUT2D eigenvalue weighted by molar-refractivity contribution is 5.69. The topological polar surface area (TPSA) is 70.6 Å². The minimum absolute atomic E-state index is 0.0435. The number of ether oxygens (including phenoxy) is 1. The number of rotatable bonds is 1.